The Hall–Kier alpha value is -1.96. The zero-order valence-corrected chi connectivity index (χ0v) is 13.3. The molecule has 0 aliphatic rings. The zero-order chi connectivity index (χ0) is 15.1. The third-order valence-corrected chi connectivity index (χ3v) is 3.84. The van der Waals surface area contributed by atoms with Gasteiger partial charge in [0.15, 0.2) is 0 Å². The molecule has 21 heavy (non-hydrogen) atoms. The predicted molar refractivity (Wildman–Crippen MR) is 90.3 cm³/mol. The van der Waals surface area contributed by atoms with Gasteiger partial charge < -0.3 is 10.1 Å². The minimum Gasteiger partial charge on any atom is -0.493 e. The van der Waals surface area contributed by atoms with Crippen molar-refractivity contribution < 1.29 is 4.74 Å². The number of aryl methyl sites for hydroxylation is 2. The summed E-state index contributed by atoms with van der Waals surface area (Å²) in [5, 5.41) is 3.51. The number of nitrogens with one attached hydrogen (secondary N) is 1. The first-order chi connectivity index (χ1) is 10.2. The van der Waals surface area contributed by atoms with Gasteiger partial charge in [0, 0.05) is 12.2 Å². The van der Waals surface area contributed by atoms with Crippen molar-refractivity contribution in [2.45, 2.75) is 33.6 Å². The van der Waals surface area contributed by atoms with Crippen LogP contribution in [0.2, 0.25) is 0 Å². The highest BCUT2D eigenvalue weighted by Crippen LogP contribution is 2.18. The van der Waals surface area contributed by atoms with Gasteiger partial charge in [-0.1, -0.05) is 30.3 Å². The van der Waals surface area contributed by atoms with Crippen molar-refractivity contribution >= 4 is 5.69 Å². The highest BCUT2D eigenvalue weighted by molar-refractivity contribution is 5.53. The van der Waals surface area contributed by atoms with Crippen molar-refractivity contribution in [2.75, 3.05) is 18.5 Å². The normalized spacial score (nSPS) is 10.4. The van der Waals surface area contributed by atoms with Crippen LogP contribution in [0.15, 0.2) is 42.5 Å². The van der Waals surface area contributed by atoms with Crippen LogP contribution in [0, 0.1) is 20.8 Å². The fraction of sp³-hybridized carbons (Fsp3) is 0.368. The lowest BCUT2D eigenvalue weighted by Gasteiger charge is -2.12. The van der Waals surface area contributed by atoms with Crippen LogP contribution in [-0.4, -0.2) is 13.2 Å². The van der Waals surface area contributed by atoms with Gasteiger partial charge in [-0.3, -0.25) is 0 Å². The molecule has 2 heteroatoms. The van der Waals surface area contributed by atoms with Gasteiger partial charge >= 0.3 is 0 Å². The number of ether oxygens (including phenoxy) is 1. The molecule has 0 amide bonds. The summed E-state index contributed by atoms with van der Waals surface area (Å²) in [5.41, 5.74) is 5.12. The van der Waals surface area contributed by atoms with Gasteiger partial charge in [0.2, 0.25) is 0 Å². The smallest absolute Gasteiger partial charge is 0.122 e. The van der Waals surface area contributed by atoms with Crippen LogP contribution < -0.4 is 10.1 Å². The van der Waals surface area contributed by atoms with E-state index >= 15 is 0 Å². The largest absolute Gasteiger partial charge is 0.493 e. The number of para-hydroxylation sites is 1. The maximum Gasteiger partial charge on any atom is 0.122 e. The first kappa shape index (κ1) is 15.4. The summed E-state index contributed by atoms with van der Waals surface area (Å²) in [7, 11) is 0. The average Bonchev–Trinajstić information content (AvgIpc) is 2.48. The van der Waals surface area contributed by atoms with Crippen molar-refractivity contribution in [1.29, 1.82) is 0 Å². The van der Waals surface area contributed by atoms with Gasteiger partial charge in [-0.15, -0.1) is 0 Å². The van der Waals surface area contributed by atoms with Gasteiger partial charge in [0.05, 0.1) is 6.61 Å². The molecule has 0 aliphatic carbocycles. The molecule has 2 aromatic rings. The molecule has 0 bridgehead atoms. The second-order valence-corrected chi connectivity index (χ2v) is 5.50. The molecule has 112 valence electrons. The van der Waals surface area contributed by atoms with Crippen LogP contribution in [0.25, 0.3) is 0 Å². The van der Waals surface area contributed by atoms with Crippen LogP contribution in [0.1, 0.15) is 29.5 Å². The molecule has 0 fully saturated rings. The summed E-state index contributed by atoms with van der Waals surface area (Å²) < 4.78 is 5.80. The Balaban J connectivity index is 1.67. The summed E-state index contributed by atoms with van der Waals surface area (Å²) in [6, 6.07) is 14.6. The molecule has 0 radical (unpaired) electrons. The third kappa shape index (κ3) is 4.52. The zero-order valence-electron chi connectivity index (χ0n) is 13.3. The van der Waals surface area contributed by atoms with Crippen LogP contribution >= 0.6 is 0 Å². The van der Waals surface area contributed by atoms with E-state index in [1.807, 2.05) is 18.2 Å². The second-order valence-electron chi connectivity index (χ2n) is 5.50. The van der Waals surface area contributed by atoms with Gasteiger partial charge in [-0.25, -0.2) is 0 Å². The van der Waals surface area contributed by atoms with Crippen LogP contribution in [0.4, 0.5) is 5.69 Å². The van der Waals surface area contributed by atoms with Crippen molar-refractivity contribution in [3.8, 4) is 5.75 Å². The van der Waals surface area contributed by atoms with Gasteiger partial charge in [0.1, 0.15) is 5.75 Å². The molecule has 2 aromatic carbocycles. The minimum atomic E-state index is 0.777. The Kier molecular flexibility index (Phi) is 5.68. The van der Waals surface area contributed by atoms with Crippen LogP contribution in [-0.2, 0) is 0 Å². The molecule has 0 aliphatic heterocycles. The number of unbranched alkanes of at least 4 members (excludes halogenated alkanes) is 1. The van der Waals surface area contributed by atoms with Crippen molar-refractivity contribution in [3.63, 3.8) is 0 Å². The molecule has 0 atom stereocenters. The van der Waals surface area contributed by atoms with E-state index in [2.05, 4.69) is 50.4 Å². The Morgan fingerprint density at radius 1 is 0.857 bits per heavy atom. The molecular formula is C19H25NO. The standard InChI is InChI=1S/C19H25NO/c1-15-10-8-11-18(17(15)3)20-13-6-7-14-21-19-12-5-4-9-16(19)2/h4-5,8-12,20H,6-7,13-14H2,1-3H3. The average molecular weight is 283 g/mol. The monoisotopic (exact) mass is 283 g/mol. The first-order valence-corrected chi connectivity index (χ1v) is 7.67. The quantitative estimate of drug-likeness (QED) is 0.731. The summed E-state index contributed by atoms with van der Waals surface area (Å²) in [4.78, 5) is 0. The Bertz CT molecular complexity index is 578. The molecule has 0 saturated carbocycles. The molecule has 0 aromatic heterocycles. The number of hydrogen-bond donors (Lipinski definition) is 1. The van der Waals surface area contributed by atoms with Gasteiger partial charge in [-0.05, 0) is 62.4 Å². The number of anilines is 1. The lowest BCUT2D eigenvalue weighted by molar-refractivity contribution is 0.306. The second kappa shape index (κ2) is 7.72. The highest BCUT2D eigenvalue weighted by Gasteiger charge is 2.00. The number of hydrogen-bond acceptors (Lipinski definition) is 2. The summed E-state index contributed by atoms with van der Waals surface area (Å²) in [6.45, 7) is 8.16. The van der Waals surface area contributed by atoms with E-state index < -0.39 is 0 Å². The van der Waals surface area contributed by atoms with E-state index in [1.165, 1.54) is 22.4 Å². The molecule has 0 saturated heterocycles. The predicted octanol–water partition coefficient (Wildman–Crippen LogP) is 4.88. The Labute approximate surface area is 128 Å². The van der Waals surface area contributed by atoms with E-state index in [1.54, 1.807) is 0 Å². The topological polar surface area (TPSA) is 21.3 Å². The maximum absolute atomic E-state index is 5.80. The summed E-state index contributed by atoms with van der Waals surface area (Å²) >= 11 is 0. The lowest BCUT2D eigenvalue weighted by atomic mass is 10.1. The number of benzene rings is 2. The van der Waals surface area contributed by atoms with E-state index in [4.69, 9.17) is 4.74 Å². The van der Waals surface area contributed by atoms with E-state index in [0.29, 0.717) is 0 Å². The lowest BCUT2D eigenvalue weighted by Crippen LogP contribution is -2.06. The van der Waals surface area contributed by atoms with Gasteiger partial charge in [0.25, 0.3) is 0 Å². The molecule has 2 nitrogen and oxygen atoms in total. The highest BCUT2D eigenvalue weighted by atomic mass is 16.5. The molecule has 0 heterocycles. The number of rotatable bonds is 7. The van der Waals surface area contributed by atoms with Crippen molar-refractivity contribution in [3.05, 3.63) is 59.2 Å². The first-order valence-electron chi connectivity index (χ1n) is 7.67. The van der Waals surface area contributed by atoms with Crippen molar-refractivity contribution in [1.82, 2.24) is 0 Å². The Morgan fingerprint density at radius 2 is 1.62 bits per heavy atom. The molecule has 2 rings (SSSR count). The summed E-state index contributed by atoms with van der Waals surface area (Å²) in [6.07, 6.45) is 2.17. The third-order valence-electron chi connectivity index (χ3n) is 3.84. The maximum atomic E-state index is 5.80. The van der Waals surface area contributed by atoms with E-state index in [9.17, 15) is 0 Å². The fourth-order valence-corrected chi connectivity index (χ4v) is 2.29. The Morgan fingerprint density at radius 3 is 2.43 bits per heavy atom. The SMILES string of the molecule is Cc1ccccc1OCCCCNc1cccc(C)c1C. The van der Waals surface area contributed by atoms with E-state index in [0.717, 1.165) is 31.7 Å². The minimum absolute atomic E-state index is 0.777. The summed E-state index contributed by atoms with van der Waals surface area (Å²) in [5.74, 6) is 1.000. The fourth-order valence-electron chi connectivity index (χ4n) is 2.29. The molecule has 0 unspecified atom stereocenters. The molecular weight excluding hydrogens is 258 g/mol. The van der Waals surface area contributed by atoms with E-state index in [-0.39, 0.29) is 0 Å². The molecule has 0 spiro atoms. The molecule has 1 N–H and O–H groups in total. The van der Waals surface area contributed by atoms with Crippen LogP contribution in [0.3, 0.4) is 0 Å². The van der Waals surface area contributed by atoms with Crippen LogP contribution in [0.5, 0.6) is 5.75 Å². The van der Waals surface area contributed by atoms with Crippen molar-refractivity contribution in [2.24, 2.45) is 0 Å². The van der Waals surface area contributed by atoms with Gasteiger partial charge in [-0.2, -0.15) is 0 Å².